The van der Waals surface area contributed by atoms with E-state index in [-0.39, 0.29) is 20.6 Å². The zero-order valence-electron chi connectivity index (χ0n) is 9.75. The molecular formula is C13H7BrCl3NO2. The molecular weight excluding hydrogens is 388 g/mol. The van der Waals surface area contributed by atoms with Crippen LogP contribution in [0.3, 0.4) is 0 Å². The van der Waals surface area contributed by atoms with E-state index in [1.54, 1.807) is 24.3 Å². The van der Waals surface area contributed by atoms with Gasteiger partial charge in [0.15, 0.2) is 0 Å². The summed E-state index contributed by atoms with van der Waals surface area (Å²) in [7, 11) is 0. The second-order valence-corrected chi connectivity index (χ2v) is 5.92. The summed E-state index contributed by atoms with van der Waals surface area (Å²) < 4.78 is 0.885. The van der Waals surface area contributed by atoms with Crippen LogP contribution in [-0.2, 0) is 0 Å². The van der Waals surface area contributed by atoms with Gasteiger partial charge in [0.25, 0.3) is 5.91 Å². The van der Waals surface area contributed by atoms with Crippen molar-refractivity contribution in [2.24, 2.45) is 0 Å². The molecule has 1 amide bonds. The van der Waals surface area contributed by atoms with Crippen molar-refractivity contribution in [1.29, 1.82) is 0 Å². The van der Waals surface area contributed by atoms with Crippen molar-refractivity contribution < 1.29 is 9.90 Å². The van der Waals surface area contributed by atoms with Crippen molar-refractivity contribution in [3.05, 3.63) is 55.4 Å². The predicted octanol–water partition coefficient (Wildman–Crippen LogP) is 5.37. The fraction of sp³-hybridized carbons (Fsp3) is 0. The topological polar surface area (TPSA) is 49.3 Å². The molecule has 2 aromatic carbocycles. The normalized spacial score (nSPS) is 10.4. The summed E-state index contributed by atoms with van der Waals surface area (Å²) in [6, 6.07) is 8.23. The molecule has 0 saturated heterocycles. The number of hydrogen-bond donors (Lipinski definition) is 2. The van der Waals surface area contributed by atoms with Crippen LogP contribution in [0.15, 0.2) is 34.8 Å². The quantitative estimate of drug-likeness (QED) is 0.672. The van der Waals surface area contributed by atoms with Crippen LogP contribution in [0.25, 0.3) is 0 Å². The van der Waals surface area contributed by atoms with E-state index in [0.29, 0.717) is 5.69 Å². The van der Waals surface area contributed by atoms with Gasteiger partial charge in [0.1, 0.15) is 10.8 Å². The number of halogens is 4. The lowest BCUT2D eigenvalue weighted by Gasteiger charge is -2.10. The number of hydrogen-bond acceptors (Lipinski definition) is 2. The summed E-state index contributed by atoms with van der Waals surface area (Å²) >= 11 is 20.7. The molecule has 0 fully saturated rings. The van der Waals surface area contributed by atoms with Gasteiger partial charge < -0.3 is 10.4 Å². The summed E-state index contributed by atoms with van der Waals surface area (Å²) in [5.41, 5.74) is 0.520. The zero-order chi connectivity index (χ0) is 14.9. The largest absolute Gasteiger partial charge is 0.505 e. The van der Waals surface area contributed by atoms with Crippen molar-refractivity contribution in [1.82, 2.24) is 0 Å². The van der Waals surface area contributed by atoms with Crippen LogP contribution in [0.4, 0.5) is 5.69 Å². The number of phenolic OH excluding ortho intramolecular Hbond substituents is 1. The van der Waals surface area contributed by atoms with E-state index >= 15 is 0 Å². The number of nitrogens with one attached hydrogen (secondary N) is 1. The molecule has 0 aliphatic heterocycles. The standard InChI is InChI=1S/C13H7BrCl3NO2/c14-6-1-3-7(4-2-6)18-13(20)8-5-9(15)10(16)11(17)12(8)19/h1-5,19H,(H,18,20). The third-order valence-electron chi connectivity index (χ3n) is 2.48. The number of carbonyl (C=O) groups is 1. The summed E-state index contributed by atoms with van der Waals surface area (Å²) in [4.78, 5) is 12.1. The zero-order valence-corrected chi connectivity index (χ0v) is 13.6. The molecule has 2 N–H and O–H groups in total. The maximum atomic E-state index is 12.1. The van der Waals surface area contributed by atoms with Gasteiger partial charge in [-0.05, 0) is 30.3 Å². The lowest BCUT2D eigenvalue weighted by atomic mass is 10.1. The van der Waals surface area contributed by atoms with E-state index in [2.05, 4.69) is 21.2 Å². The number of phenols is 1. The van der Waals surface area contributed by atoms with E-state index in [4.69, 9.17) is 34.8 Å². The highest BCUT2D eigenvalue weighted by atomic mass is 79.9. The second kappa shape index (κ2) is 6.22. The van der Waals surface area contributed by atoms with E-state index in [9.17, 15) is 9.90 Å². The van der Waals surface area contributed by atoms with Crippen molar-refractivity contribution >= 4 is 62.3 Å². The third kappa shape index (κ3) is 3.20. The van der Waals surface area contributed by atoms with Crippen molar-refractivity contribution in [2.75, 3.05) is 5.32 Å². The first-order valence-electron chi connectivity index (χ1n) is 5.33. The fourth-order valence-corrected chi connectivity index (χ4v) is 2.35. The molecule has 3 nitrogen and oxygen atoms in total. The Bertz CT molecular complexity index is 674. The Morgan fingerprint density at radius 3 is 2.30 bits per heavy atom. The van der Waals surface area contributed by atoms with Crippen molar-refractivity contribution in [3.8, 4) is 5.75 Å². The Hall–Kier alpha value is -0.940. The SMILES string of the molecule is O=C(Nc1ccc(Br)cc1)c1cc(Cl)c(Cl)c(Cl)c1O. The molecule has 0 radical (unpaired) electrons. The first-order valence-corrected chi connectivity index (χ1v) is 7.26. The molecule has 0 saturated carbocycles. The number of amides is 1. The summed E-state index contributed by atoms with van der Waals surface area (Å²) in [6.07, 6.45) is 0. The molecule has 0 heterocycles. The molecule has 20 heavy (non-hydrogen) atoms. The highest BCUT2D eigenvalue weighted by Gasteiger charge is 2.19. The van der Waals surface area contributed by atoms with E-state index in [1.807, 2.05) is 0 Å². The summed E-state index contributed by atoms with van der Waals surface area (Å²) in [6.45, 7) is 0. The van der Waals surface area contributed by atoms with Crippen LogP contribution in [0, 0.1) is 0 Å². The number of rotatable bonds is 2. The lowest BCUT2D eigenvalue weighted by molar-refractivity contribution is 0.102. The Morgan fingerprint density at radius 1 is 1.10 bits per heavy atom. The minimum Gasteiger partial charge on any atom is -0.505 e. The Kier molecular flexibility index (Phi) is 4.81. The van der Waals surface area contributed by atoms with E-state index in [0.717, 1.165) is 4.47 Å². The minimum absolute atomic E-state index is 0.00558. The Balaban J connectivity index is 2.32. The molecule has 0 bridgehead atoms. The Labute approximate surface area is 138 Å². The van der Waals surface area contributed by atoms with Gasteiger partial charge in [0, 0.05) is 10.2 Å². The summed E-state index contributed by atoms with van der Waals surface area (Å²) in [5.74, 6) is -0.944. The smallest absolute Gasteiger partial charge is 0.259 e. The molecule has 0 spiro atoms. The molecule has 0 aliphatic carbocycles. The number of benzene rings is 2. The second-order valence-electron chi connectivity index (χ2n) is 3.84. The maximum absolute atomic E-state index is 12.1. The predicted molar refractivity (Wildman–Crippen MR) is 85.2 cm³/mol. The average molecular weight is 395 g/mol. The van der Waals surface area contributed by atoms with Crippen molar-refractivity contribution in [3.63, 3.8) is 0 Å². The van der Waals surface area contributed by atoms with Gasteiger partial charge in [0.05, 0.1) is 15.6 Å². The first-order chi connectivity index (χ1) is 9.40. The maximum Gasteiger partial charge on any atom is 0.259 e. The van der Waals surface area contributed by atoms with Crippen LogP contribution in [0.2, 0.25) is 15.1 Å². The van der Waals surface area contributed by atoms with Gasteiger partial charge in [0.2, 0.25) is 0 Å². The molecule has 0 unspecified atom stereocenters. The molecule has 0 atom stereocenters. The molecule has 2 rings (SSSR count). The number of carbonyl (C=O) groups excluding carboxylic acids is 1. The summed E-state index contributed by atoms with van der Waals surface area (Å²) in [5, 5.41) is 12.4. The van der Waals surface area contributed by atoms with Gasteiger partial charge in [-0.2, -0.15) is 0 Å². The highest BCUT2D eigenvalue weighted by Crippen LogP contribution is 2.39. The van der Waals surface area contributed by atoms with Crippen LogP contribution in [0.5, 0.6) is 5.75 Å². The number of aromatic hydroxyl groups is 1. The van der Waals surface area contributed by atoms with Crippen LogP contribution < -0.4 is 5.32 Å². The van der Waals surface area contributed by atoms with Crippen LogP contribution >= 0.6 is 50.7 Å². The third-order valence-corrected chi connectivity index (χ3v) is 4.26. The van der Waals surface area contributed by atoms with Crippen LogP contribution in [0.1, 0.15) is 10.4 Å². The van der Waals surface area contributed by atoms with Crippen molar-refractivity contribution in [2.45, 2.75) is 0 Å². The fourth-order valence-electron chi connectivity index (χ4n) is 1.49. The molecule has 2 aromatic rings. The van der Waals surface area contributed by atoms with E-state index < -0.39 is 11.7 Å². The molecule has 0 aromatic heterocycles. The highest BCUT2D eigenvalue weighted by molar-refractivity contribution is 9.10. The lowest BCUT2D eigenvalue weighted by Crippen LogP contribution is -2.12. The Morgan fingerprint density at radius 2 is 1.70 bits per heavy atom. The average Bonchev–Trinajstić information content (AvgIpc) is 2.43. The molecule has 7 heteroatoms. The van der Waals surface area contributed by atoms with Gasteiger partial charge in [-0.25, -0.2) is 0 Å². The number of anilines is 1. The van der Waals surface area contributed by atoms with Gasteiger partial charge in [-0.15, -0.1) is 0 Å². The monoisotopic (exact) mass is 393 g/mol. The first kappa shape index (κ1) is 15.4. The van der Waals surface area contributed by atoms with Gasteiger partial charge in [-0.1, -0.05) is 50.7 Å². The van der Waals surface area contributed by atoms with Gasteiger partial charge in [-0.3, -0.25) is 4.79 Å². The molecule has 104 valence electrons. The van der Waals surface area contributed by atoms with E-state index in [1.165, 1.54) is 6.07 Å². The minimum atomic E-state index is -0.537. The van der Waals surface area contributed by atoms with Crippen LogP contribution in [-0.4, -0.2) is 11.0 Å². The molecule has 0 aliphatic rings. The van der Waals surface area contributed by atoms with Gasteiger partial charge >= 0.3 is 0 Å².